The average Bonchev–Trinajstić information content (AvgIpc) is 2.85. The first-order valence-corrected chi connectivity index (χ1v) is 5.58. The zero-order valence-electron chi connectivity index (χ0n) is 9.52. The summed E-state index contributed by atoms with van der Waals surface area (Å²) < 4.78 is 0. The van der Waals surface area contributed by atoms with E-state index in [1.54, 1.807) is 0 Å². The second-order valence-corrected chi connectivity index (χ2v) is 4.72. The van der Waals surface area contributed by atoms with Crippen LogP contribution >= 0.6 is 0 Å². The molecule has 14 heavy (non-hydrogen) atoms. The molecule has 1 rings (SSSR count). The molecule has 82 valence electrons. The van der Waals surface area contributed by atoms with Crippen molar-refractivity contribution in [2.75, 3.05) is 13.1 Å². The third-order valence-corrected chi connectivity index (χ3v) is 2.77. The van der Waals surface area contributed by atoms with Gasteiger partial charge in [0.05, 0.1) is 6.54 Å². The Morgan fingerprint density at radius 1 is 1.43 bits per heavy atom. The number of carbonyl (C=O) groups is 1. The Morgan fingerprint density at radius 3 is 2.57 bits per heavy atom. The molecule has 2 N–H and O–H groups in total. The number of amides is 1. The first-order chi connectivity index (χ1) is 6.56. The van der Waals surface area contributed by atoms with Gasteiger partial charge in [-0.05, 0) is 45.6 Å². The molecule has 0 aromatic heterocycles. The van der Waals surface area contributed by atoms with Gasteiger partial charge in [0, 0.05) is 5.54 Å². The molecule has 1 saturated carbocycles. The van der Waals surface area contributed by atoms with Crippen LogP contribution in [-0.4, -0.2) is 24.5 Å². The molecule has 0 aromatic rings. The third-order valence-electron chi connectivity index (χ3n) is 2.77. The highest BCUT2D eigenvalue weighted by Crippen LogP contribution is 2.38. The van der Waals surface area contributed by atoms with Gasteiger partial charge in [-0.25, -0.2) is 0 Å². The molecular weight excluding hydrogens is 176 g/mol. The van der Waals surface area contributed by atoms with E-state index in [0.29, 0.717) is 12.5 Å². The minimum absolute atomic E-state index is 0.00895. The van der Waals surface area contributed by atoms with Gasteiger partial charge in [-0.2, -0.15) is 0 Å². The minimum atomic E-state index is -0.00895. The van der Waals surface area contributed by atoms with Gasteiger partial charge in [0.1, 0.15) is 0 Å². The van der Waals surface area contributed by atoms with Crippen molar-refractivity contribution in [2.45, 2.75) is 45.6 Å². The summed E-state index contributed by atoms with van der Waals surface area (Å²) in [7, 11) is 0. The highest BCUT2D eigenvalue weighted by atomic mass is 16.2. The summed E-state index contributed by atoms with van der Waals surface area (Å²) in [5, 5.41) is 6.18. The molecule has 0 radical (unpaired) electrons. The van der Waals surface area contributed by atoms with Crippen molar-refractivity contribution in [3.63, 3.8) is 0 Å². The van der Waals surface area contributed by atoms with Gasteiger partial charge in [0.2, 0.25) is 5.91 Å². The summed E-state index contributed by atoms with van der Waals surface area (Å²) in [5.41, 5.74) is -0.00895. The molecule has 0 bridgehead atoms. The number of rotatable bonds is 6. The van der Waals surface area contributed by atoms with E-state index in [4.69, 9.17) is 0 Å². The number of hydrogen-bond donors (Lipinski definition) is 2. The van der Waals surface area contributed by atoms with Gasteiger partial charge in [-0.15, -0.1) is 0 Å². The Labute approximate surface area is 86.6 Å². The van der Waals surface area contributed by atoms with Crippen LogP contribution < -0.4 is 10.6 Å². The van der Waals surface area contributed by atoms with Gasteiger partial charge in [-0.1, -0.05) is 6.92 Å². The van der Waals surface area contributed by atoms with Gasteiger partial charge in [0.25, 0.3) is 0 Å². The lowest BCUT2D eigenvalue weighted by atomic mass is 9.99. The molecule has 0 atom stereocenters. The fraction of sp³-hybridized carbons (Fsp3) is 0.909. The summed E-state index contributed by atoms with van der Waals surface area (Å²) in [6.07, 6.45) is 3.59. The first-order valence-electron chi connectivity index (χ1n) is 5.58. The maximum absolute atomic E-state index is 11.5. The molecule has 0 unspecified atom stereocenters. The van der Waals surface area contributed by atoms with E-state index in [0.717, 1.165) is 13.0 Å². The first kappa shape index (κ1) is 11.5. The third kappa shape index (κ3) is 3.66. The Morgan fingerprint density at radius 2 is 2.07 bits per heavy atom. The smallest absolute Gasteiger partial charge is 0.234 e. The van der Waals surface area contributed by atoms with Crippen LogP contribution in [0.15, 0.2) is 0 Å². The summed E-state index contributed by atoms with van der Waals surface area (Å²) in [6, 6.07) is 0. The fourth-order valence-corrected chi connectivity index (χ4v) is 1.69. The maximum Gasteiger partial charge on any atom is 0.234 e. The topological polar surface area (TPSA) is 41.1 Å². The van der Waals surface area contributed by atoms with Gasteiger partial charge in [-0.3, -0.25) is 4.79 Å². The lowest BCUT2D eigenvalue weighted by molar-refractivity contribution is -0.122. The van der Waals surface area contributed by atoms with Crippen LogP contribution in [0.4, 0.5) is 0 Å². The minimum Gasteiger partial charge on any atom is -0.350 e. The van der Waals surface area contributed by atoms with Crippen LogP contribution in [0.5, 0.6) is 0 Å². The van der Waals surface area contributed by atoms with Crippen molar-refractivity contribution in [3.8, 4) is 0 Å². The molecule has 0 heterocycles. The van der Waals surface area contributed by atoms with Crippen LogP contribution in [-0.2, 0) is 4.79 Å². The number of carbonyl (C=O) groups excluding carboxylic acids is 1. The maximum atomic E-state index is 11.5. The molecular formula is C11H22N2O. The molecule has 1 aliphatic rings. The molecule has 1 aliphatic carbocycles. The van der Waals surface area contributed by atoms with Crippen molar-refractivity contribution in [1.82, 2.24) is 10.6 Å². The largest absolute Gasteiger partial charge is 0.350 e. The zero-order chi connectivity index (χ0) is 10.6. The molecule has 0 aliphatic heterocycles. The van der Waals surface area contributed by atoms with E-state index < -0.39 is 0 Å². The predicted molar refractivity (Wildman–Crippen MR) is 58.1 cm³/mol. The molecule has 1 amide bonds. The molecule has 0 saturated heterocycles. The molecule has 3 nitrogen and oxygen atoms in total. The van der Waals surface area contributed by atoms with Crippen molar-refractivity contribution in [2.24, 2.45) is 5.92 Å². The molecule has 0 spiro atoms. The van der Waals surface area contributed by atoms with E-state index in [1.165, 1.54) is 12.8 Å². The molecule has 1 fully saturated rings. The van der Waals surface area contributed by atoms with Crippen LogP contribution in [0.1, 0.15) is 40.0 Å². The normalized spacial score (nSPS) is 16.8. The monoisotopic (exact) mass is 198 g/mol. The van der Waals surface area contributed by atoms with Crippen LogP contribution in [0.3, 0.4) is 0 Å². The lowest BCUT2D eigenvalue weighted by Gasteiger charge is -2.26. The predicted octanol–water partition coefficient (Wildman–Crippen LogP) is 1.29. The molecule has 3 heteroatoms. The van der Waals surface area contributed by atoms with Crippen molar-refractivity contribution >= 4 is 5.91 Å². The fourth-order valence-electron chi connectivity index (χ4n) is 1.69. The van der Waals surface area contributed by atoms with Gasteiger partial charge >= 0.3 is 0 Å². The quantitative estimate of drug-likeness (QED) is 0.631. The SMILES string of the molecule is CCCNCC(=O)NC(C)(C)C1CC1. The van der Waals surface area contributed by atoms with E-state index in [2.05, 4.69) is 31.4 Å². The highest BCUT2D eigenvalue weighted by molar-refractivity contribution is 5.78. The summed E-state index contributed by atoms with van der Waals surface area (Å²) >= 11 is 0. The summed E-state index contributed by atoms with van der Waals surface area (Å²) in [4.78, 5) is 11.5. The number of nitrogens with one attached hydrogen (secondary N) is 2. The standard InChI is InChI=1S/C11H22N2O/c1-4-7-12-8-10(14)13-11(2,3)9-5-6-9/h9,12H,4-8H2,1-3H3,(H,13,14). The summed E-state index contributed by atoms with van der Waals surface area (Å²) in [6.45, 7) is 7.69. The van der Waals surface area contributed by atoms with Gasteiger partial charge < -0.3 is 10.6 Å². The molecule has 0 aromatic carbocycles. The van der Waals surface area contributed by atoms with Crippen LogP contribution in [0, 0.1) is 5.92 Å². The zero-order valence-corrected chi connectivity index (χ0v) is 9.52. The van der Waals surface area contributed by atoms with Gasteiger partial charge in [0.15, 0.2) is 0 Å². The highest BCUT2D eigenvalue weighted by Gasteiger charge is 2.38. The van der Waals surface area contributed by atoms with Crippen LogP contribution in [0.25, 0.3) is 0 Å². The second-order valence-electron chi connectivity index (χ2n) is 4.72. The van der Waals surface area contributed by atoms with E-state index in [-0.39, 0.29) is 11.4 Å². The Kier molecular flexibility index (Phi) is 3.93. The van der Waals surface area contributed by atoms with Crippen molar-refractivity contribution in [3.05, 3.63) is 0 Å². The Balaban J connectivity index is 2.18. The van der Waals surface area contributed by atoms with Crippen molar-refractivity contribution < 1.29 is 4.79 Å². The number of hydrogen-bond acceptors (Lipinski definition) is 2. The average molecular weight is 198 g/mol. The Hall–Kier alpha value is -0.570. The van der Waals surface area contributed by atoms with Crippen molar-refractivity contribution in [1.29, 1.82) is 0 Å². The second kappa shape index (κ2) is 4.78. The van der Waals surface area contributed by atoms with E-state index >= 15 is 0 Å². The summed E-state index contributed by atoms with van der Waals surface area (Å²) in [5.74, 6) is 0.813. The van der Waals surface area contributed by atoms with E-state index in [1.807, 2.05) is 0 Å². The lowest BCUT2D eigenvalue weighted by Crippen LogP contribution is -2.48. The Bertz CT molecular complexity index is 197. The van der Waals surface area contributed by atoms with E-state index in [9.17, 15) is 4.79 Å². The van der Waals surface area contributed by atoms with Crippen LogP contribution in [0.2, 0.25) is 0 Å².